The average molecular weight is 400 g/mol. The van der Waals surface area contributed by atoms with Gasteiger partial charge >= 0.3 is 0 Å². The molecule has 0 radical (unpaired) electrons. The van der Waals surface area contributed by atoms with E-state index in [1.807, 2.05) is 18.2 Å². The van der Waals surface area contributed by atoms with Gasteiger partial charge < -0.3 is 9.88 Å². The topological polar surface area (TPSA) is 66.1 Å². The molecule has 1 N–H and O–H groups in total. The summed E-state index contributed by atoms with van der Waals surface area (Å²) in [6.45, 7) is 0. The first-order valence-electron chi connectivity index (χ1n) is 10.7. The molecular formula is C22H29N3O2S. The van der Waals surface area contributed by atoms with Crippen molar-refractivity contribution in [2.75, 3.05) is 5.75 Å². The van der Waals surface area contributed by atoms with Crippen molar-refractivity contribution in [2.45, 2.75) is 81.4 Å². The largest absolute Gasteiger partial charge is 0.336 e. The SMILES string of the molecule is O=C(CSc1nc2ccccc2c(=O)[nH]1)N(C1CCCCC1)C1CCCCC1. The van der Waals surface area contributed by atoms with Gasteiger partial charge in [0.25, 0.3) is 5.56 Å². The molecule has 0 unspecified atom stereocenters. The molecule has 2 fully saturated rings. The van der Waals surface area contributed by atoms with Crippen LogP contribution in [0.5, 0.6) is 0 Å². The van der Waals surface area contributed by atoms with Gasteiger partial charge in [0.2, 0.25) is 5.91 Å². The second-order valence-electron chi connectivity index (χ2n) is 8.06. The van der Waals surface area contributed by atoms with E-state index in [4.69, 9.17) is 0 Å². The van der Waals surface area contributed by atoms with Gasteiger partial charge in [0.15, 0.2) is 5.16 Å². The van der Waals surface area contributed by atoms with E-state index in [1.165, 1.54) is 50.3 Å². The third-order valence-corrected chi connectivity index (χ3v) is 7.01. The van der Waals surface area contributed by atoms with Gasteiger partial charge in [0.05, 0.1) is 16.7 Å². The maximum atomic E-state index is 13.2. The lowest BCUT2D eigenvalue weighted by molar-refractivity contribution is -0.135. The number of amides is 1. The summed E-state index contributed by atoms with van der Waals surface area (Å²) in [4.78, 5) is 35.1. The molecule has 0 bridgehead atoms. The Kier molecular flexibility index (Phi) is 6.35. The third kappa shape index (κ3) is 4.43. The Bertz CT molecular complexity index is 851. The van der Waals surface area contributed by atoms with Crippen molar-refractivity contribution in [3.05, 3.63) is 34.6 Å². The molecule has 28 heavy (non-hydrogen) atoms. The number of carbonyl (C=O) groups excluding carboxylic acids is 1. The van der Waals surface area contributed by atoms with Crippen molar-refractivity contribution in [1.29, 1.82) is 0 Å². The van der Waals surface area contributed by atoms with Crippen LogP contribution in [0, 0.1) is 0 Å². The molecule has 0 aliphatic heterocycles. The molecule has 2 aliphatic rings. The minimum Gasteiger partial charge on any atom is -0.336 e. The Balaban J connectivity index is 1.48. The smallest absolute Gasteiger partial charge is 0.259 e. The van der Waals surface area contributed by atoms with Crippen molar-refractivity contribution in [1.82, 2.24) is 14.9 Å². The quantitative estimate of drug-likeness (QED) is 0.593. The zero-order valence-corrected chi connectivity index (χ0v) is 17.2. The van der Waals surface area contributed by atoms with Crippen molar-refractivity contribution >= 4 is 28.6 Å². The predicted octanol–water partition coefficient (Wildman–Crippen LogP) is 4.51. The molecule has 2 saturated carbocycles. The van der Waals surface area contributed by atoms with E-state index in [-0.39, 0.29) is 11.5 Å². The van der Waals surface area contributed by atoms with Gasteiger partial charge in [-0.15, -0.1) is 0 Å². The van der Waals surface area contributed by atoms with Gasteiger partial charge in [-0.3, -0.25) is 9.59 Å². The monoisotopic (exact) mass is 399 g/mol. The molecule has 1 aromatic carbocycles. The zero-order chi connectivity index (χ0) is 19.3. The number of para-hydroxylation sites is 1. The highest BCUT2D eigenvalue weighted by molar-refractivity contribution is 7.99. The van der Waals surface area contributed by atoms with Crippen LogP contribution >= 0.6 is 11.8 Å². The van der Waals surface area contributed by atoms with Crippen LogP contribution < -0.4 is 5.56 Å². The van der Waals surface area contributed by atoms with Gasteiger partial charge in [-0.1, -0.05) is 62.4 Å². The Morgan fingerprint density at radius 2 is 1.61 bits per heavy atom. The molecule has 0 saturated heterocycles. The van der Waals surface area contributed by atoms with E-state index in [9.17, 15) is 9.59 Å². The van der Waals surface area contributed by atoms with Crippen LogP contribution in [0.25, 0.3) is 10.9 Å². The number of carbonyl (C=O) groups is 1. The molecule has 0 atom stereocenters. The second kappa shape index (κ2) is 9.12. The summed E-state index contributed by atoms with van der Waals surface area (Å²) in [5, 5.41) is 1.12. The summed E-state index contributed by atoms with van der Waals surface area (Å²) in [5.41, 5.74) is 0.537. The molecule has 4 rings (SSSR count). The summed E-state index contributed by atoms with van der Waals surface area (Å²) >= 11 is 1.36. The first kappa shape index (κ1) is 19.5. The number of fused-ring (bicyclic) bond motifs is 1. The minimum absolute atomic E-state index is 0.142. The Hall–Kier alpha value is -1.82. The van der Waals surface area contributed by atoms with Crippen molar-refractivity contribution in [3.8, 4) is 0 Å². The van der Waals surface area contributed by atoms with Crippen LogP contribution in [0.2, 0.25) is 0 Å². The van der Waals surface area contributed by atoms with Gasteiger partial charge in [-0.2, -0.15) is 0 Å². The van der Waals surface area contributed by atoms with Gasteiger partial charge in [-0.05, 0) is 37.8 Å². The molecule has 2 aromatic rings. The molecule has 2 aliphatic carbocycles. The van der Waals surface area contributed by atoms with E-state index >= 15 is 0 Å². The van der Waals surface area contributed by atoms with Crippen LogP contribution in [-0.2, 0) is 4.79 Å². The van der Waals surface area contributed by atoms with E-state index in [2.05, 4.69) is 14.9 Å². The number of nitrogens with one attached hydrogen (secondary N) is 1. The fourth-order valence-corrected chi connectivity index (χ4v) is 5.50. The highest BCUT2D eigenvalue weighted by Crippen LogP contribution is 2.31. The van der Waals surface area contributed by atoms with Crippen LogP contribution in [0.15, 0.2) is 34.2 Å². The number of thioether (sulfide) groups is 1. The van der Waals surface area contributed by atoms with E-state index in [1.54, 1.807) is 6.07 Å². The normalized spacial score (nSPS) is 19.0. The molecular weight excluding hydrogens is 370 g/mol. The third-order valence-electron chi connectivity index (χ3n) is 6.15. The lowest BCUT2D eigenvalue weighted by atomic mass is 9.88. The average Bonchev–Trinajstić information content (AvgIpc) is 2.74. The van der Waals surface area contributed by atoms with Crippen LogP contribution in [0.3, 0.4) is 0 Å². The van der Waals surface area contributed by atoms with Crippen LogP contribution in [-0.4, -0.2) is 38.6 Å². The Labute approximate surface area is 170 Å². The summed E-state index contributed by atoms with van der Waals surface area (Å²) in [7, 11) is 0. The minimum atomic E-state index is -0.142. The van der Waals surface area contributed by atoms with Crippen molar-refractivity contribution < 1.29 is 4.79 Å². The molecule has 1 aromatic heterocycles. The standard InChI is InChI=1S/C22H29N3O2S/c26-20(15-28-22-23-19-14-8-7-13-18(19)21(27)24-22)25(16-9-3-1-4-10-16)17-11-5-2-6-12-17/h7-8,13-14,16-17H,1-6,9-12,15H2,(H,23,24,27). The number of H-pyrrole nitrogens is 1. The van der Waals surface area contributed by atoms with Crippen LogP contribution in [0.1, 0.15) is 64.2 Å². The molecule has 0 spiro atoms. The predicted molar refractivity (Wildman–Crippen MR) is 114 cm³/mol. The van der Waals surface area contributed by atoms with E-state index in [0.717, 1.165) is 25.7 Å². The number of hydrogen-bond donors (Lipinski definition) is 1. The summed E-state index contributed by atoms with van der Waals surface area (Å²) in [6.07, 6.45) is 12.1. The molecule has 5 nitrogen and oxygen atoms in total. The number of hydrogen-bond acceptors (Lipinski definition) is 4. The highest BCUT2D eigenvalue weighted by atomic mass is 32.2. The molecule has 6 heteroatoms. The van der Waals surface area contributed by atoms with Crippen molar-refractivity contribution in [2.24, 2.45) is 0 Å². The van der Waals surface area contributed by atoms with E-state index < -0.39 is 0 Å². The van der Waals surface area contributed by atoms with Gasteiger partial charge in [0, 0.05) is 12.1 Å². The summed E-state index contributed by atoms with van der Waals surface area (Å²) in [5.74, 6) is 0.550. The van der Waals surface area contributed by atoms with Crippen LogP contribution in [0.4, 0.5) is 0 Å². The number of nitrogens with zero attached hydrogens (tertiary/aromatic N) is 2. The van der Waals surface area contributed by atoms with Crippen molar-refractivity contribution in [3.63, 3.8) is 0 Å². The highest BCUT2D eigenvalue weighted by Gasteiger charge is 2.32. The Morgan fingerprint density at radius 3 is 2.25 bits per heavy atom. The fraction of sp³-hybridized carbons (Fsp3) is 0.591. The number of aromatic nitrogens is 2. The Morgan fingerprint density at radius 1 is 1.00 bits per heavy atom. The van der Waals surface area contributed by atoms with E-state index in [0.29, 0.717) is 33.9 Å². The number of rotatable bonds is 5. The first-order chi connectivity index (χ1) is 13.7. The fourth-order valence-electron chi connectivity index (χ4n) is 4.76. The number of aromatic amines is 1. The number of benzene rings is 1. The zero-order valence-electron chi connectivity index (χ0n) is 16.4. The maximum absolute atomic E-state index is 13.2. The molecule has 150 valence electrons. The van der Waals surface area contributed by atoms with Gasteiger partial charge in [-0.25, -0.2) is 4.98 Å². The lowest BCUT2D eigenvalue weighted by Crippen LogP contribution is -2.49. The second-order valence-corrected chi connectivity index (χ2v) is 9.03. The summed E-state index contributed by atoms with van der Waals surface area (Å²) < 4.78 is 0. The first-order valence-corrected chi connectivity index (χ1v) is 11.6. The maximum Gasteiger partial charge on any atom is 0.259 e. The summed E-state index contributed by atoms with van der Waals surface area (Å²) in [6, 6.07) is 8.12. The molecule has 1 heterocycles. The lowest BCUT2D eigenvalue weighted by Gasteiger charge is -2.41. The van der Waals surface area contributed by atoms with Gasteiger partial charge in [0.1, 0.15) is 0 Å². The molecule has 1 amide bonds.